The Labute approximate surface area is 135 Å². The molecule has 0 heterocycles. The maximum Gasteiger partial charge on any atom is 0.189 e. The van der Waals surface area contributed by atoms with Gasteiger partial charge in [-0.05, 0) is 24.6 Å². The van der Waals surface area contributed by atoms with Crippen LogP contribution in [0.25, 0.3) is 0 Å². The number of nitrogens with one attached hydrogen (secondary N) is 1. The van der Waals surface area contributed by atoms with E-state index < -0.39 is 0 Å². The van der Waals surface area contributed by atoms with E-state index >= 15 is 0 Å². The lowest BCUT2D eigenvalue weighted by atomic mass is 10.2. The van der Waals surface area contributed by atoms with Gasteiger partial charge >= 0.3 is 0 Å². The van der Waals surface area contributed by atoms with Crippen LogP contribution in [0.1, 0.15) is 12.5 Å². The number of guanidine groups is 1. The van der Waals surface area contributed by atoms with Crippen molar-refractivity contribution in [2.45, 2.75) is 19.5 Å². The third-order valence-electron chi connectivity index (χ3n) is 2.41. The zero-order valence-corrected chi connectivity index (χ0v) is 14.2. The summed E-state index contributed by atoms with van der Waals surface area (Å²) in [4.78, 5) is 4.14. The number of hydrogen-bond acceptors (Lipinski definition) is 3. The fourth-order valence-electron chi connectivity index (χ4n) is 1.60. The Balaban J connectivity index is 0.00000361. The van der Waals surface area contributed by atoms with Crippen LogP contribution in [0.15, 0.2) is 23.2 Å². The van der Waals surface area contributed by atoms with E-state index in [0.29, 0.717) is 23.9 Å². The zero-order chi connectivity index (χ0) is 14.3. The van der Waals surface area contributed by atoms with Crippen molar-refractivity contribution in [3.8, 4) is 5.75 Å². The van der Waals surface area contributed by atoms with Crippen molar-refractivity contribution in [2.24, 2.45) is 10.7 Å². The molecule has 0 amide bonds. The van der Waals surface area contributed by atoms with Crippen molar-refractivity contribution < 1.29 is 13.9 Å². The molecule has 0 aliphatic heterocycles. The molecule has 114 valence electrons. The number of methoxy groups -OCH3 is 2. The molecule has 0 aromatic heterocycles. The number of halogens is 2. The van der Waals surface area contributed by atoms with Crippen molar-refractivity contribution >= 4 is 29.9 Å². The van der Waals surface area contributed by atoms with Crippen LogP contribution in [0.5, 0.6) is 5.75 Å². The number of rotatable bonds is 6. The summed E-state index contributed by atoms with van der Waals surface area (Å²) < 4.78 is 23.2. The molecule has 20 heavy (non-hydrogen) atoms. The zero-order valence-electron chi connectivity index (χ0n) is 11.9. The van der Waals surface area contributed by atoms with Gasteiger partial charge in [-0.15, -0.1) is 24.0 Å². The summed E-state index contributed by atoms with van der Waals surface area (Å²) in [6.45, 7) is 2.74. The predicted octanol–water partition coefficient (Wildman–Crippen LogP) is 1.89. The fraction of sp³-hybridized carbons (Fsp3) is 0.462. The molecule has 0 aliphatic rings. The summed E-state index contributed by atoms with van der Waals surface area (Å²) in [5.74, 6) is 0.404. The Morgan fingerprint density at radius 2 is 2.10 bits per heavy atom. The highest BCUT2D eigenvalue weighted by Gasteiger charge is 2.03. The summed E-state index contributed by atoms with van der Waals surface area (Å²) in [6.07, 6.45) is 0. The van der Waals surface area contributed by atoms with Crippen LogP contribution >= 0.6 is 24.0 Å². The fourth-order valence-corrected chi connectivity index (χ4v) is 1.60. The van der Waals surface area contributed by atoms with Crippen molar-refractivity contribution in [2.75, 3.05) is 20.8 Å². The van der Waals surface area contributed by atoms with Gasteiger partial charge in [-0.3, -0.25) is 0 Å². The number of benzene rings is 1. The standard InChI is InChI=1S/C13H20FN3O2.HI/c1-9(8-18-2)17-13(15)16-7-10-4-11(14)6-12(5-10)19-3;/h4-6,9H,7-8H2,1-3H3,(H3,15,16,17);1H. The molecule has 7 heteroatoms. The minimum Gasteiger partial charge on any atom is -0.497 e. The first kappa shape index (κ1) is 18.9. The summed E-state index contributed by atoms with van der Waals surface area (Å²) >= 11 is 0. The molecule has 3 N–H and O–H groups in total. The lowest BCUT2D eigenvalue weighted by molar-refractivity contribution is 0.179. The maximum atomic E-state index is 13.3. The molecule has 0 saturated heterocycles. The van der Waals surface area contributed by atoms with E-state index in [4.69, 9.17) is 15.2 Å². The van der Waals surface area contributed by atoms with E-state index in [-0.39, 0.29) is 42.4 Å². The van der Waals surface area contributed by atoms with Crippen LogP contribution in [0, 0.1) is 5.82 Å². The Morgan fingerprint density at radius 1 is 1.40 bits per heavy atom. The van der Waals surface area contributed by atoms with Crippen molar-refractivity contribution in [1.29, 1.82) is 0 Å². The molecule has 1 aromatic rings. The average Bonchev–Trinajstić information content (AvgIpc) is 2.36. The Morgan fingerprint density at radius 3 is 2.70 bits per heavy atom. The monoisotopic (exact) mass is 397 g/mol. The highest BCUT2D eigenvalue weighted by atomic mass is 127. The number of hydrogen-bond donors (Lipinski definition) is 2. The minimum atomic E-state index is -0.358. The molecule has 1 rings (SSSR count). The molecule has 1 atom stereocenters. The first-order valence-electron chi connectivity index (χ1n) is 5.94. The highest BCUT2D eigenvalue weighted by molar-refractivity contribution is 14.0. The summed E-state index contributed by atoms with van der Waals surface area (Å²) in [6, 6.07) is 4.50. The first-order chi connectivity index (χ1) is 9.05. The smallest absolute Gasteiger partial charge is 0.189 e. The third-order valence-corrected chi connectivity index (χ3v) is 2.41. The molecule has 0 bridgehead atoms. The lowest BCUT2D eigenvalue weighted by Crippen LogP contribution is -2.40. The Hall–Kier alpha value is -1.09. The Kier molecular flexibility index (Phi) is 9.23. The molecular weight excluding hydrogens is 376 g/mol. The van der Waals surface area contributed by atoms with Crippen LogP contribution in [0.2, 0.25) is 0 Å². The summed E-state index contributed by atoms with van der Waals surface area (Å²) in [7, 11) is 3.11. The Bertz CT molecular complexity index is 444. The summed E-state index contributed by atoms with van der Waals surface area (Å²) in [5.41, 5.74) is 6.42. The topological polar surface area (TPSA) is 68.9 Å². The van der Waals surface area contributed by atoms with Crippen LogP contribution in [0.4, 0.5) is 4.39 Å². The normalized spacial score (nSPS) is 12.5. The van der Waals surface area contributed by atoms with Crippen LogP contribution < -0.4 is 15.8 Å². The average molecular weight is 397 g/mol. The van der Waals surface area contributed by atoms with E-state index in [1.807, 2.05) is 6.92 Å². The molecule has 0 fully saturated rings. The van der Waals surface area contributed by atoms with Gasteiger partial charge in [-0.2, -0.15) is 0 Å². The highest BCUT2D eigenvalue weighted by Crippen LogP contribution is 2.16. The second-order valence-corrected chi connectivity index (χ2v) is 4.20. The molecule has 1 unspecified atom stereocenters. The van der Waals surface area contributed by atoms with Gasteiger partial charge in [0, 0.05) is 19.2 Å². The van der Waals surface area contributed by atoms with Gasteiger partial charge in [-0.25, -0.2) is 9.38 Å². The molecule has 1 aromatic carbocycles. The van der Waals surface area contributed by atoms with Crippen LogP contribution in [0.3, 0.4) is 0 Å². The lowest BCUT2D eigenvalue weighted by Gasteiger charge is -2.13. The second kappa shape index (κ2) is 9.76. The predicted molar refractivity (Wildman–Crippen MR) is 88.2 cm³/mol. The molecule has 0 saturated carbocycles. The van der Waals surface area contributed by atoms with E-state index in [2.05, 4.69) is 10.3 Å². The van der Waals surface area contributed by atoms with Gasteiger partial charge in [-0.1, -0.05) is 0 Å². The van der Waals surface area contributed by atoms with Crippen LogP contribution in [-0.2, 0) is 11.3 Å². The second-order valence-electron chi connectivity index (χ2n) is 4.20. The SMILES string of the molecule is COCC(C)NC(N)=NCc1cc(F)cc(OC)c1.I. The van der Waals surface area contributed by atoms with Gasteiger partial charge < -0.3 is 20.5 Å². The maximum absolute atomic E-state index is 13.3. The van der Waals surface area contributed by atoms with E-state index in [0.717, 1.165) is 0 Å². The molecule has 5 nitrogen and oxygen atoms in total. The molecule has 0 aliphatic carbocycles. The van der Waals surface area contributed by atoms with Gasteiger partial charge in [0.15, 0.2) is 5.96 Å². The van der Waals surface area contributed by atoms with Crippen molar-refractivity contribution in [3.05, 3.63) is 29.6 Å². The van der Waals surface area contributed by atoms with Crippen LogP contribution in [-0.4, -0.2) is 32.8 Å². The third kappa shape index (κ3) is 6.90. The van der Waals surface area contributed by atoms with E-state index in [1.54, 1.807) is 13.2 Å². The van der Waals surface area contributed by atoms with Crippen molar-refractivity contribution in [1.82, 2.24) is 5.32 Å². The molecular formula is C13H21FIN3O2. The quantitative estimate of drug-likeness (QED) is 0.437. The van der Waals surface area contributed by atoms with Gasteiger partial charge in [0.05, 0.1) is 20.3 Å². The number of nitrogens with zero attached hydrogens (tertiary/aromatic N) is 1. The van der Waals surface area contributed by atoms with Gasteiger partial charge in [0.25, 0.3) is 0 Å². The minimum absolute atomic E-state index is 0. The van der Waals surface area contributed by atoms with Crippen molar-refractivity contribution in [3.63, 3.8) is 0 Å². The number of aliphatic imine (C=N–C) groups is 1. The van der Waals surface area contributed by atoms with E-state index in [1.165, 1.54) is 19.2 Å². The van der Waals surface area contributed by atoms with E-state index in [9.17, 15) is 4.39 Å². The number of nitrogens with two attached hydrogens (primary N) is 1. The van der Waals surface area contributed by atoms with Gasteiger partial charge in [0.1, 0.15) is 11.6 Å². The molecule has 0 spiro atoms. The number of ether oxygens (including phenoxy) is 2. The molecule has 0 radical (unpaired) electrons. The largest absolute Gasteiger partial charge is 0.497 e. The van der Waals surface area contributed by atoms with Gasteiger partial charge in [0.2, 0.25) is 0 Å². The first-order valence-corrected chi connectivity index (χ1v) is 5.94. The summed E-state index contributed by atoms with van der Waals surface area (Å²) in [5, 5.41) is 2.97.